The third kappa shape index (κ3) is 8.08. The van der Waals surface area contributed by atoms with Gasteiger partial charge in [-0.25, -0.2) is 4.79 Å². The van der Waals surface area contributed by atoms with Gasteiger partial charge >= 0.3 is 6.03 Å². The molecular weight excluding hydrogens is 539 g/mol. The first kappa shape index (κ1) is 28.7. The fraction of sp³-hybridized carbons (Fsp3) is 0.345. The fourth-order valence-electron chi connectivity index (χ4n) is 4.35. The Labute approximate surface area is 239 Å². The van der Waals surface area contributed by atoms with Crippen molar-refractivity contribution in [2.75, 3.05) is 58.5 Å². The molecular formula is C29H34Cl2N4O4. The van der Waals surface area contributed by atoms with E-state index in [-0.39, 0.29) is 6.03 Å². The smallest absolute Gasteiger partial charge is 0.315 e. The molecule has 10 heteroatoms. The summed E-state index contributed by atoms with van der Waals surface area (Å²) in [4.78, 5) is 16.9. The predicted molar refractivity (Wildman–Crippen MR) is 156 cm³/mol. The van der Waals surface area contributed by atoms with Crippen LogP contribution in [0.3, 0.4) is 0 Å². The van der Waals surface area contributed by atoms with Crippen molar-refractivity contribution < 1.29 is 19.0 Å². The monoisotopic (exact) mass is 572 g/mol. The number of amides is 2. The van der Waals surface area contributed by atoms with Crippen molar-refractivity contribution in [1.82, 2.24) is 15.5 Å². The molecule has 1 aliphatic rings. The number of anilines is 1. The Bertz CT molecular complexity index is 1230. The fourth-order valence-corrected chi connectivity index (χ4v) is 4.76. The number of carbonyl (C=O) groups excluding carboxylic acids is 1. The minimum Gasteiger partial charge on any atom is -0.497 e. The number of nitrogens with zero attached hydrogens (tertiary/aromatic N) is 2. The van der Waals surface area contributed by atoms with Crippen LogP contribution < -0.4 is 29.7 Å². The topological polar surface area (TPSA) is 75.3 Å². The molecule has 0 bridgehead atoms. The molecule has 1 saturated heterocycles. The summed E-state index contributed by atoms with van der Waals surface area (Å²) in [6.07, 6.45) is 0. The van der Waals surface area contributed by atoms with Gasteiger partial charge in [0.15, 0.2) is 11.5 Å². The number of carbonyl (C=O) groups is 1. The van der Waals surface area contributed by atoms with E-state index in [1.54, 1.807) is 20.3 Å². The molecule has 3 aromatic rings. The first-order valence-electron chi connectivity index (χ1n) is 12.8. The van der Waals surface area contributed by atoms with Gasteiger partial charge < -0.3 is 29.7 Å². The highest BCUT2D eigenvalue weighted by atomic mass is 35.5. The number of halogens is 2. The zero-order chi connectivity index (χ0) is 27.6. The van der Waals surface area contributed by atoms with Crippen LogP contribution in [0.1, 0.15) is 11.1 Å². The maximum Gasteiger partial charge on any atom is 0.315 e. The van der Waals surface area contributed by atoms with E-state index in [1.807, 2.05) is 54.6 Å². The molecule has 0 atom stereocenters. The Hall–Kier alpha value is -3.33. The molecule has 3 aromatic carbocycles. The minimum atomic E-state index is -0.247. The molecule has 1 heterocycles. The van der Waals surface area contributed by atoms with E-state index in [1.165, 1.54) is 0 Å². The largest absolute Gasteiger partial charge is 0.497 e. The van der Waals surface area contributed by atoms with Gasteiger partial charge in [-0.15, -0.1) is 0 Å². The number of hydrogen-bond acceptors (Lipinski definition) is 6. The number of methoxy groups -OCH3 is 2. The van der Waals surface area contributed by atoms with Crippen LogP contribution in [0.25, 0.3) is 0 Å². The summed E-state index contributed by atoms with van der Waals surface area (Å²) < 4.78 is 16.7. The standard InChI is InChI=1S/C29H34Cl2N4O4/c1-37-23-9-6-21(7-10-23)19-32-29(36)33-20-22-8-11-26(27(18-22)38-2)39-17-16-34-12-14-35(15-13-34)25-5-3-4-24(30)28(25)31/h3-11,18H,12-17,19-20H2,1-2H3,(H2,32,33,36). The van der Waals surface area contributed by atoms with Crippen LogP contribution in [-0.2, 0) is 13.1 Å². The third-order valence-electron chi connectivity index (χ3n) is 6.60. The normalized spacial score (nSPS) is 13.6. The van der Waals surface area contributed by atoms with E-state index in [9.17, 15) is 4.79 Å². The van der Waals surface area contributed by atoms with Gasteiger partial charge in [0.1, 0.15) is 12.4 Å². The molecule has 0 aliphatic carbocycles. The molecule has 0 aromatic heterocycles. The lowest BCUT2D eigenvalue weighted by atomic mass is 10.2. The summed E-state index contributed by atoms with van der Waals surface area (Å²) >= 11 is 12.6. The van der Waals surface area contributed by atoms with Crippen LogP contribution in [0.4, 0.5) is 10.5 Å². The molecule has 0 saturated carbocycles. The Morgan fingerprint density at radius 3 is 2.23 bits per heavy atom. The van der Waals surface area contributed by atoms with Crippen molar-refractivity contribution >= 4 is 34.9 Å². The number of piperazine rings is 1. The lowest BCUT2D eigenvalue weighted by molar-refractivity contribution is 0.197. The van der Waals surface area contributed by atoms with Crippen LogP contribution in [0.15, 0.2) is 60.7 Å². The van der Waals surface area contributed by atoms with Gasteiger partial charge in [0.05, 0.1) is 30.0 Å². The third-order valence-corrected chi connectivity index (χ3v) is 7.41. The second kappa shape index (κ2) is 14.2. The van der Waals surface area contributed by atoms with Crippen molar-refractivity contribution in [3.05, 3.63) is 81.8 Å². The summed E-state index contributed by atoms with van der Waals surface area (Å²) in [5, 5.41) is 6.91. The molecule has 2 amide bonds. The summed E-state index contributed by atoms with van der Waals surface area (Å²) in [5.41, 5.74) is 2.88. The Kier molecular flexibility index (Phi) is 10.4. The molecule has 2 N–H and O–H groups in total. The first-order valence-corrected chi connectivity index (χ1v) is 13.6. The highest BCUT2D eigenvalue weighted by Gasteiger charge is 2.20. The maximum atomic E-state index is 12.2. The molecule has 8 nitrogen and oxygen atoms in total. The zero-order valence-corrected chi connectivity index (χ0v) is 23.7. The summed E-state index contributed by atoms with van der Waals surface area (Å²) in [6, 6.07) is 18.7. The van der Waals surface area contributed by atoms with Gasteiger partial charge in [0.25, 0.3) is 0 Å². The summed E-state index contributed by atoms with van der Waals surface area (Å²) in [7, 11) is 3.24. The van der Waals surface area contributed by atoms with Gasteiger partial charge in [-0.05, 0) is 47.5 Å². The predicted octanol–water partition coefficient (Wildman–Crippen LogP) is 5.21. The van der Waals surface area contributed by atoms with E-state index in [4.69, 9.17) is 37.4 Å². The molecule has 0 unspecified atom stereocenters. The molecule has 0 radical (unpaired) electrons. The van der Waals surface area contributed by atoms with Gasteiger partial charge in [-0.1, -0.05) is 47.5 Å². The highest BCUT2D eigenvalue weighted by molar-refractivity contribution is 6.43. The van der Waals surface area contributed by atoms with E-state index < -0.39 is 0 Å². The summed E-state index contributed by atoms with van der Waals surface area (Å²) in [6.45, 7) is 5.71. The van der Waals surface area contributed by atoms with Crippen LogP contribution in [0.5, 0.6) is 17.2 Å². The van der Waals surface area contributed by atoms with Gasteiger partial charge in [-0.2, -0.15) is 0 Å². The number of hydrogen-bond donors (Lipinski definition) is 2. The number of ether oxygens (including phenoxy) is 3. The average Bonchev–Trinajstić information content (AvgIpc) is 2.97. The van der Waals surface area contributed by atoms with E-state index >= 15 is 0 Å². The van der Waals surface area contributed by atoms with E-state index in [0.717, 1.165) is 55.3 Å². The second-order valence-corrected chi connectivity index (χ2v) is 9.90. The Balaban J connectivity index is 1.18. The number of urea groups is 1. The number of nitrogens with one attached hydrogen (secondary N) is 2. The van der Waals surface area contributed by atoms with Crippen LogP contribution >= 0.6 is 23.2 Å². The van der Waals surface area contributed by atoms with Crippen molar-refractivity contribution in [3.8, 4) is 17.2 Å². The quantitative estimate of drug-likeness (QED) is 0.328. The molecule has 39 heavy (non-hydrogen) atoms. The lowest BCUT2D eigenvalue weighted by Gasteiger charge is -2.36. The van der Waals surface area contributed by atoms with Gasteiger partial charge in [0.2, 0.25) is 0 Å². The molecule has 1 fully saturated rings. The van der Waals surface area contributed by atoms with Crippen molar-refractivity contribution in [1.29, 1.82) is 0 Å². The van der Waals surface area contributed by atoms with E-state index in [0.29, 0.717) is 41.2 Å². The minimum absolute atomic E-state index is 0.247. The maximum absolute atomic E-state index is 12.2. The lowest BCUT2D eigenvalue weighted by Crippen LogP contribution is -2.47. The highest BCUT2D eigenvalue weighted by Crippen LogP contribution is 2.33. The van der Waals surface area contributed by atoms with Gasteiger partial charge in [-0.3, -0.25) is 4.90 Å². The van der Waals surface area contributed by atoms with Crippen LogP contribution in [-0.4, -0.2) is 64.5 Å². The Morgan fingerprint density at radius 1 is 0.846 bits per heavy atom. The first-order chi connectivity index (χ1) is 19.0. The van der Waals surface area contributed by atoms with Crippen molar-refractivity contribution in [2.24, 2.45) is 0 Å². The number of rotatable bonds is 11. The van der Waals surface area contributed by atoms with Gasteiger partial charge in [0, 0.05) is 45.8 Å². The van der Waals surface area contributed by atoms with Crippen molar-refractivity contribution in [2.45, 2.75) is 13.1 Å². The molecule has 4 rings (SSSR count). The van der Waals surface area contributed by atoms with E-state index in [2.05, 4.69) is 20.4 Å². The molecule has 208 valence electrons. The SMILES string of the molecule is COc1ccc(CNC(=O)NCc2ccc(OCCN3CCN(c4cccc(Cl)c4Cl)CC3)c(OC)c2)cc1. The number of benzene rings is 3. The molecule has 1 aliphatic heterocycles. The van der Waals surface area contributed by atoms with Crippen molar-refractivity contribution in [3.63, 3.8) is 0 Å². The van der Waals surface area contributed by atoms with Crippen LogP contribution in [0.2, 0.25) is 10.0 Å². The van der Waals surface area contributed by atoms with Crippen LogP contribution in [0, 0.1) is 0 Å². The molecule has 0 spiro atoms. The average molecular weight is 574 g/mol. The Morgan fingerprint density at radius 2 is 1.54 bits per heavy atom. The zero-order valence-electron chi connectivity index (χ0n) is 22.2. The second-order valence-electron chi connectivity index (χ2n) is 9.12. The summed E-state index contributed by atoms with van der Waals surface area (Å²) in [5.74, 6) is 2.09.